The maximum absolute atomic E-state index is 11.6. The standard InChI is InChI=1S/C27H33Ge2N2.C12H22O2.Ir/c1-17-16-21-12-15-23-26(20-10-13-22(14-11-20)28(4,5)6)30-19(3)31-27(23)24(21)18(2)25(17)29(7,8)9;1-7-12(5,6)10(14)8-9(13)11(2,3)4;/h10,12-16H,1-9H3;8,14H,7H2,1-6H3;/q-1;;/b;10-8-;. The monoisotopic (exact) mass is 924 g/mol. The molecule has 1 N–H and O–H groups in total. The van der Waals surface area contributed by atoms with Gasteiger partial charge in [0, 0.05) is 37.0 Å². The van der Waals surface area contributed by atoms with Crippen molar-refractivity contribution in [2.45, 2.75) is 103 Å². The maximum Gasteiger partial charge on any atom is 0 e. The number of aryl methyl sites for hydroxylation is 3. The summed E-state index contributed by atoms with van der Waals surface area (Å²) in [6.45, 7) is 18.0. The third kappa shape index (κ3) is 9.21. The van der Waals surface area contributed by atoms with Crippen molar-refractivity contribution in [3.63, 3.8) is 0 Å². The molecule has 0 aliphatic heterocycles. The summed E-state index contributed by atoms with van der Waals surface area (Å²) >= 11 is -3.90. The number of hydrogen-bond donors (Lipinski definition) is 1. The van der Waals surface area contributed by atoms with Crippen LogP contribution in [0.3, 0.4) is 0 Å². The Morgan fingerprint density at radius 1 is 0.913 bits per heavy atom. The Kier molecular flexibility index (Phi) is 13.0. The first-order valence-electron chi connectivity index (χ1n) is 16.2. The first-order chi connectivity index (χ1) is 20.5. The number of carbonyl (C=O) groups is 1. The second kappa shape index (κ2) is 14.8. The normalized spacial score (nSPS) is 12.9. The minimum Gasteiger partial charge on any atom is 0 e. The molecule has 0 aliphatic rings. The Balaban J connectivity index is 0.000000419. The summed E-state index contributed by atoms with van der Waals surface area (Å²) in [5, 5.41) is 13.5. The van der Waals surface area contributed by atoms with Crippen LogP contribution in [0.2, 0.25) is 34.5 Å². The van der Waals surface area contributed by atoms with Crippen LogP contribution < -0.4 is 8.79 Å². The third-order valence-corrected chi connectivity index (χ3v) is 17.8. The van der Waals surface area contributed by atoms with Crippen LogP contribution in [0.4, 0.5) is 0 Å². The minimum absolute atomic E-state index is 0. The van der Waals surface area contributed by atoms with Gasteiger partial charge in [-0.25, -0.2) is 0 Å². The van der Waals surface area contributed by atoms with Gasteiger partial charge in [-0.1, -0.05) is 41.5 Å². The van der Waals surface area contributed by atoms with Crippen molar-refractivity contribution in [3.8, 4) is 11.3 Å². The van der Waals surface area contributed by atoms with Crippen molar-refractivity contribution in [1.82, 2.24) is 9.97 Å². The zero-order valence-corrected chi connectivity index (χ0v) is 37.4. The summed E-state index contributed by atoms with van der Waals surface area (Å²) < 4.78 is 3.07. The van der Waals surface area contributed by atoms with Crippen LogP contribution >= 0.6 is 0 Å². The molecule has 0 saturated heterocycles. The molecule has 0 fully saturated rings. The van der Waals surface area contributed by atoms with Gasteiger partial charge in [-0.2, -0.15) is 0 Å². The average molecular weight is 921 g/mol. The molecule has 0 amide bonds. The molecule has 251 valence electrons. The predicted molar refractivity (Wildman–Crippen MR) is 201 cm³/mol. The fourth-order valence-corrected chi connectivity index (χ4v) is 13.2. The molecule has 0 saturated carbocycles. The van der Waals surface area contributed by atoms with Crippen LogP contribution in [0.5, 0.6) is 0 Å². The number of nitrogens with zero attached hydrogens (tertiary/aromatic N) is 2. The van der Waals surface area contributed by atoms with Crippen LogP contribution in [-0.4, -0.2) is 47.4 Å². The molecule has 1 aromatic heterocycles. The van der Waals surface area contributed by atoms with E-state index in [0.717, 1.165) is 34.4 Å². The smallest absolute Gasteiger partial charge is 0 e. The Hall–Kier alpha value is -1.79. The van der Waals surface area contributed by atoms with E-state index in [9.17, 15) is 9.90 Å². The number of fused-ring (bicyclic) bond motifs is 3. The van der Waals surface area contributed by atoms with Gasteiger partial charge >= 0.3 is 193 Å². The summed E-state index contributed by atoms with van der Waals surface area (Å²) in [6, 6.07) is 17.0. The zero-order chi connectivity index (χ0) is 34.3. The van der Waals surface area contributed by atoms with Crippen LogP contribution in [0, 0.1) is 37.7 Å². The molecule has 1 radical (unpaired) electrons. The molecule has 4 aromatic rings. The molecule has 0 unspecified atom stereocenters. The zero-order valence-electron chi connectivity index (χ0n) is 30.8. The molecule has 7 heteroatoms. The van der Waals surface area contributed by atoms with Crippen molar-refractivity contribution < 1.29 is 30.0 Å². The number of aliphatic hydroxyl groups excluding tert-OH is 1. The Labute approximate surface area is 297 Å². The van der Waals surface area contributed by atoms with Gasteiger partial charge in [-0.05, 0) is 6.42 Å². The molecule has 0 atom stereocenters. The Bertz CT molecular complexity index is 1750. The number of aliphatic hydroxyl groups is 1. The van der Waals surface area contributed by atoms with Gasteiger partial charge in [-0.3, -0.25) is 4.79 Å². The van der Waals surface area contributed by atoms with E-state index in [1.165, 1.54) is 32.4 Å². The molecule has 46 heavy (non-hydrogen) atoms. The fraction of sp³-hybridized carbons (Fsp3) is 0.462. The van der Waals surface area contributed by atoms with Gasteiger partial charge in [-0.15, -0.1) is 0 Å². The number of rotatable bonds is 6. The Morgan fingerprint density at radius 2 is 1.52 bits per heavy atom. The van der Waals surface area contributed by atoms with Crippen LogP contribution in [0.25, 0.3) is 32.9 Å². The van der Waals surface area contributed by atoms with E-state index < -0.39 is 31.9 Å². The number of benzene rings is 3. The Morgan fingerprint density at radius 3 is 2.00 bits per heavy atom. The van der Waals surface area contributed by atoms with Gasteiger partial charge in [0.05, 0.1) is 0 Å². The first-order valence-corrected chi connectivity index (χ1v) is 30.9. The number of ketones is 1. The molecule has 0 spiro atoms. The molecular weight excluding hydrogens is 866 g/mol. The van der Waals surface area contributed by atoms with E-state index in [0.29, 0.717) is 0 Å². The number of hydrogen-bond acceptors (Lipinski definition) is 4. The van der Waals surface area contributed by atoms with Crippen molar-refractivity contribution in [2.24, 2.45) is 10.8 Å². The number of allylic oxidation sites excluding steroid dienone is 2. The van der Waals surface area contributed by atoms with Crippen LogP contribution in [-0.2, 0) is 24.9 Å². The SMILES string of the molecule is CCC(C)(C)/C(O)=C/C(=O)C(C)(C)C.Cc1nc(-c2[c-]c[c]([Ge]([CH3])([CH3])[CH3])cc2)c2ccc3cc(C)[c]([Ge]([CH3])([CH3])[CH3])c(C)c3c2n1.[Ir]. The number of aromatic nitrogens is 2. The molecule has 4 rings (SSSR count). The van der Waals surface area contributed by atoms with Crippen molar-refractivity contribution in [3.05, 3.63) is 71.3 Å². The van der Waals surface area contributed by atoms with E-state index in [-0.39, 0.29) is 37.1 Å². The average Bonchev–Trinajstić information content (AvgIpc) is 2.90. The first kappa shape index (κ1) is 40.4. The molecule has 1 heterocycles. The maximum atomic E-state index is 11.6. The molecule has 3 aromatic carbocycles. The van der Waals surface area contributed by atoms with Gasteiger partial charge in [0.1, 0.15) is 5.76 Å². The van der Waals surface area contributed by atoms with Gasteiger partial charge in [0.15, 0.2) is 5.78 Å². The third-order valence-electron chi connectivity index (χ3n) is 8.80. The van der Waals surface area contributed by atoms with E-state index in [1.54, 1.807) is 4.40 Å². The molecule has 0 aliphatic carbocycles. The summed E-state index contributed by atoms with van der Waals surface area (Å²) in [4.78, 5) is 21.4. The van der Waals surface area contributed by atoms with E-state index >= 15 is 0 Å². The van der Waals surface area contributed by atoms with Gasteiger partial charge < -0.3 is 5.11 Å². The van der Waals surface area contributed by atoms with E-state index in [4.69, 9.17) is 9.97 Å². The second-order valence-electron chi connectivity index (χ2n) is 16.2. The molecular formula is C39H55Ge2IrN2O2-. The van der Waals surface area contributed by atoms with E-state index in [2.05, 4.69) is 90.8 Å². The largest absolute Gasteiger partial charge is 0 e. The van der Waals surface area contributed by atoms with Crippen molar-refractivity contribution >= 4 is 62.8 Å². The number of carbonyl (C=O) groups excluding carboxylic acids is 1. The van der Waals surface area contributed by atoms with E-state index in [1.807, 2.05) is 48.5 Å². The van der Waals surface area contributed by atoms with Gasteiger partial charge in [0.2, 0.25) is 0 Å². The second-order valence-corrected chi connectivity index (χ2v) is 37.4. The van der Waals surface area contributed by atoms with Crippen LogP contribution in [0.15, 0.2) is 48.2 Å². The quantitative estimate of drug-likeness (QED) is 0.0689. The van der Waals surface area contributed by atoms with Gasteiger partial charge in [0.25, 0.3) is 0 Å². The fourth-order valence-electron chi connectivity index (χ4n) is 5.68. The topological polar surface area (TPSA) is 63.1 Å². The van der Waals surface area contributed by atoms with Crippen molar-refractivity contribution in [2.75, 3.05) is 0 Å². The summed E-state index contributed by atoms with van der Waals surface area (Å²) in [6.07, 6.45) is 2.18. The molecule has 0 bridgehead atoms. The summed E-state index contributed by atoms with van der Waals surface area (Å²) in [5.74, 6) is 15.7. The van der Waals surface area contributed by atoms with Crippen LogP contribution in [0.1, 0.15) is 64.9 Å². The summed E-state index contributed by atoms with van der Waals surface area (Å²) in [7, 11) is 0. The van der Waals surface area contributed by atoms with Crippen molar-refractivity contribution in [1.29, 1.82) is 0 Å². The molecule has 4 nitrogen and oxygen atoms in total. The summed E-state index contributed by atoms with van der Waals surface area (Å²) in [5.41, 5.74) is 5.26. The minimum atomic E-state index is -2.04. The predicted octanol–water partition coefficient (Wildman–Crippen LogP) is 9.74.